The Balaban J connectivity index is 2.06. The summed E-state index contributed by atoms with van der Waals surface area (Å²) in [5.41, 5.74) is 0. The second kappa shape index (κ2) is 7.44. The number of nitrogens with zero attached hydrogens (tertiary/aromatic N) is 2. The predicted octanol–water partition coefficient (Wildman–Crippen LogP) is 3.59. The van der Waals surface area contributed by atoms with E-state index in [-0.39, 0.29) is 11.8 Å². The minimum absolute atomic E-state index is 0.139. The summed E-state index contributed by atoms with van der Waals surface area (Å²) in [6, 6.07) is 8.33. The van der Waals surface area contributed by atoms with E-state index in [1.807, 2.05) is 0 Å². The van der Waals surface area contributed by atoms with Crippen LogP contribution in [0.4, 0.5) is 0 Å². The van der Waals surface area contributed by atoms with Crippen LogP contribution >= 0.6 is 0 Å². The van der Waals surface area contributed by atoms with Crippen LogP contribution in [-0.2, 0) is 9.59 Å². The van der Waals surface area contributed by atoms with Crippen molar-refractivity contribution in [1.82, 2.24) is 9.13 Å². The van der Waals surface area contributed by atoms with Gasteiger partial charge in [-0.25, -0.2) is 0 Å². The van der Waals surface area contributed by atoms with Crippen molar-refractivity contribution in [3.05, 3.63) is 12.2 Å². The lowest BCUT2D eigenvalue weighted by atomic mass is 10.4. The van der Waals surface area contributed by atoms with Crippen LogP contribution in [0.1, 0.15) is 34.1 Å². The van der Waals surface area contributed by atoms with Crippen molar-refractivity contribution in [3.63, 3.8) is 0 Å². The van der Waals surface area contributed by atoms with Gasteiger partial charge in [0, 0.05) is 18.7 Å². The Kier molecular flexibility index (Phi) is 6.02. The molecule has 0 aromatic carbocycles. The van der Waals surface area contributed by atoms with Gasteiger partial charge in [-0.15, -0.1) is 0 Å². The molecule has 2 aliphatic heterocycles. The van der Waals surface area contributed by atoms with E-state index in [1.165, 1.54) is 53.3 Å². The topological polar surface area (TPSA) is 40.6 Å². The highest BCUT2D eigenvalue weighted by atomic mass is 28.4. The Morgan fingerprint density at radius 3 is 1.65 bits per heavy atom. The molecule has 0 bridgehead atoms. The molecule has 23 heavy (non-hydrogen) atoms. The summed E-state index contributed by atoms with van der Waals surface area (Å²) in [6.07, 6.45) is 3.72. The molecule has 130 valence electrons. The molecular formula is C17H32N2O2Si2. The van der Waals surface area contributed by atoms with Crippen LogP contribution in [0, 0.1) is 0 Å². The summed E-state index contributed by atoms with van der Waals surface area (Å²) in [5, 5.41) is 0. The maximum absolute atomic E-state index is 11.7. The molecule has 0 spiro atoms. The van der Waals surface area contributed by atoms with Crippen LogP contribution in [-0.4, -0.2) is 50.5 Å². The fourth-order valence-electron chi connectivity index (χ4n) is 4.72. The first kappa shape index (κ1) is 18.6. The second-order valence-electron chi connectivity index (χ2n) is 7.03. The summed E-state index contributed by atoms with van der Waals surface area (Å²) >= 11 is 0. The highest BCUT2D eigenvalue weighted by molar-refractivity contribution is 6.97. The highest BCUT2D eigenvalue weighted by Gasteiger charge is 2.53. The van der Waals surface area contributed by atoms with Gasteiger partial charge in [0.15, 0.2) is 0 Å². The van der Waals surface area contributed by atoms with Gasteiger partial charge in [0.1, 0.15) is 16.5 Å². The fourth-order valence-corrected chi connectivity index (χ4v) is 20.8. The number of hydrogen-bond donors (Lipinski definition) is 0. The lowest BCUT2D eigenvalue weighted by Crippen LogP contribution is -2.60. The van der Waals surface area contributed by atoms with Crippen LogP contribution in [0.15, 0.2) is 12.2 Å². The summed E-state index contributed by atoms with van der Waals surface area (Å²) in [4.78, 5) is 24.8. The van der Waals surface area contributed by atoms with Gasteiger partial charge in [-0.3, -0.25) is 14.5 Å². The third-order valence-electron chi connectivity index (χ3n) is 6.50. The van der Waals surface area contributed by atoms with Gasteiger partial charge >= 0.3 is 0 Å². The number of amides is 2. The summed E-state index contributed by atoms with van der Waals surface area (Å²) < 4.78 is 3.01. The van der Waals surface area contributed by atoms with Gasteiger partial charge in [-0.1, -0.05) is 27.7 Å². The molecule has 0 aliphatic carbocycles. The molecule has 1 fully saturated rings. The van der Waals surface area contributed by atoms with Gasteiger partial charge < -0.3 is 4.23 Å². The van der Waals surface area contributed by atoms with Crippen LogP contribution in [0.5, 0.6) is 0 Å². The van der Waals surface area contributed by atoms with E-state index in [1.54, 1.807) is 0 Å². The predicted molar refractivity (Wildman–Crippen MR) is 100 cm³/mol. The van der Waals surface area contributed by atoms with Crippen molar-refractivity contribution in [2.75, 3.05) is 13.1 Å². The first-order chi connectivity index (χ1) is 11.0. The van der Waals surface area contributed by atoms with Gasteiger partial charge in [0.05, 0.1) is 0 Å². The number of hydrogen-bond acceptors (Lipinski definition) is 3. The van der Waals surface area contributed by atoms with Crippen molar-refractivity contribution in [3.8, 4) is 0 Å². The molecule has 2 heterocycles. The van der Waals surface area contributed by atoms with Crippen LogP contribution in [0.3, 0.4) is 0 Å². The molecule has 0 radical (unpaired) electrons. The normalized spacial score (nSPS) is 23.2. The largest absolute Gasteiger partial charge is 0.345 e. The number of carbonyl (C=O) groups is 2. The van der Waals surface area contributed by atoms with E-state index in [4.69, 9.17) is 0 Å². The standard InChI is InChI=1S/C17H32N2O2Si2/c1-5-22(6-2)14-15-23(7-3,8-4)19(22)13-9-12-18-16(20)10-11-17(18)21/h10-11H,5-9,12-15H2,1-4H3. The molecule has 2 aliphatic rings. The van der Waals surface area contributed by atoms with E-state index in [0.717, 1.165) is 13.0 Å². The van der Waals surface area contributed by atoms with Crippen molar-refractivity contribution in [1.29, 1.82) is 0 Å². The molecule has 6 heteroatoms. The van der Waals surface area contributed by atoms with Crippen LogP contribution < -0.4 is 0 Å². The maximum atomic E-state index is 11.7. The van der Waals surface area contributed by atoms with Crippen LogP contribution in [0.25, 0.3) is 0 Å². The Bertz CT molecular complexity index is 447. The maximum Gasteiger partial charge on any atom is 0.253 e. The monoisotopic (exact) mass is 352 g/mol. The lowest BCUT2D eigenvalue weighted by Gasteiger charge is -2.45. The first-order valence-electron chi connectivity index (χ1n) is 9.30. The zero-order valence-electron chi connectivity index (χ0n) is 15.2. The number of carbonyl (C=O) groups excluding carboxylic acids is 2. The molecule has 1 saturated heterocycles. The Hall–Kier alpha value is -0.726. The van der Waals surface area contributed by atoms with Crippen molar-refractivity contribution in [2.24, 2.45) is 0 Å². The van der Waals surface area contributed by atoms with E-state index in [2.05, 4.69) is 31.9 Å². The molecule has 4 nitrogen and oxygen atoms in total. The molecule has 0 atom stereocenters. The van der Waals surface area contributed by atoms with E-state index in [0.29, 0.717) is 6.54 Å². The highest BCUT2D eigenvalue weighted by Crippen LogP contribution is 2.45. The quantitative estimate of drug-likeness (QED) is 0.495. The molecular weight excluding hydrogens is 320 g/mol. The second-order valence-corrected chi connectivity index (χ2v) is 17.3. The average Bonchev–Trinajstić information content (AvgIpc) is 3.07. The summed E-state index contributed by atoms with van der Waals surface area (Å²) in [7, 11) is -2.61. The molecule has 0 aromatic rings. The minimum Gasteiger partial charge on any atom is -0.345 e. The molecule has 0 unspecified atom stereocenters. The number of rotatable bonds is 8. The Morgan fingerprint density at radius 1 is 0.826 bits per heavy atom. The van der Waals surface area contributed by atoms with E-state index >= 15 is 0 Å². The number of imide groups is 1. The first-order valence-corrected chi connectivity index (χ1v) is 14.4. The molecule has 0 saturated carbocycles. The summed E-state index contributed by atoms with van der Waals surface area (Å²) in [6.45, 7) is 11.2. The van der Waals surface area contributed by atoms with Gasteiger partial charge in [0.2, 0.25) is 0 Å². The molecule has 2 rings (SSSR count). The average molecular weight is 353 g/mol. The van der Waals surface area contributed by atoms with Crippen LogP contribution in [0.2, 0.25) is 36.3 Å². The zero-order chi connectivity index (χ0) is 17.1. The fraction of sp³-hybridized carbons (Fsp3) is 0.765. The molecule has 0 aromatic heterocycles. The van der Waals surface area contributed by atoms with Crippen molar-refractivity contribution < 1.29 is 9.59 Å². The summed E-state index contributed by atoms with van der Waals surface area (Å²) in [5.74, 6) is -0.277. The van der Waals surface area contributed by atoms with E-state index in [9.17, 15) is 9.59 Å². The lowest BCUT2D eigenvalue weighted by molar-refractivity contribution is -0.136. The minimum atomic E-state index is -1.31. The third-order valence-corrected chi connectivity index (χ3v) is 20.2. The van der Waals surface area contributed by atoms with Gasteiger partial charge in [-0.2, -0.15) is 0 Å². The Labute approximate surface area is 143 Å². The van der Waals surface area contributed by atoms with Crippen molar-refractivity contribution in [2.45, 2.75) is 70.4 Å². The van der Waals surface area contributed by atoms with Gasteiger partial charge in [-0.05, 0) is 49.2 Å². The third kappa shape index (κ3) is 3.25. The van der Waals surface area contributed by atoms with Gasteiger partial charge in [0.25, 0.3) is 11.8 Å². The van der Waals surface area contributed by atoms with Crippen molar-refractivity contribution >= 4 is 28.3 Å². The SMILES string of the molecule is CC[Si]1(CC)CC[Si](CC)(CC)N1CCCN1C(=O)C=CC1=O. The van der Waals surface area contributed by atoms with E-state index < -0.39 is 16.5 Å². The smallest absolute Gasteiger partial charge is 0.253 e. The zero-order valence-corrected chi connectivity index (χ0v) is 17.2. The molecule has 0 N–H and O–H groups in total. The molecule has 2 amide bonds. The Morgan fingerprint density at radius 2 is 1.26 bits per heavy atom.